The van der Waals surface area contributed by atoms with Gasteiger partial charge in [-0.3, -0.25) is 24.2 Å². The third-order valence-electron chi connectivity index (χ3n) is 8.85. The highest BCUT2D eigenvalue weighted by Crippen LogP contribution is 2.34. The van der Waals surface area contributed by atoms with E-state index < -0.39 is 52.7 Å². The summed E-state index contributed by atoms with van der Waals surface area (Å²) in [7, 11) is 0. The number of carbonyl (C=O) groups excluding carboxylic acids is 5. The van der Waals surface area contributed by atoms with E-state index in [1.165, 1.54) is 11.3 Å². The first kappa shape index (κ1) is 36.0. The Morgan fingerprint density at radius 2 is 1.60 bits per heavy atom. The molecule has 45 heavy (non-hydrogen) atoms. The van der Waals surface area contributed by atoms with Crippen LogP contribution in [0.1, 0.15) is 111 Å². The smallest absolute Gasteiger partial charge is 0.315 e. The maximum Gasteiger partial charge on any atom is 0.315 e. The summed E-state index contributed by atoms with van der Waals surface area (Å²) in [6, 6.07) is 0.836. The Morgan fingerprint density at radius 3 is 2.16 bits per heavy atom. The van der Waals surface area contributed by atoms with Crippen LogP contribution >= 0.6 is 0 Å². The minimum Gasteiger partial charge on any atom is -0.363 e. The second kappa shape index (κ2) is 16.2. The van der Waals surface area contributed by atoms with Crippen LogP contribution in [0.25, 0.3) is 0 Å². The molecule has 1 saturated heterocycles. The Hall–Kier alpha value is -3.50. The van der Waals surface area contributed by atoms with Crippen molar-refractivity contribution in [3.8, 4) is 0 Å². The number of nitrogens with zero attached hydrogens (tertiary/aromatic N) is 2. The van der Waals surface area contributed by atoms with Gasteiger partial charge in [-0.15, -0.1) is 0 Å². The van der Waals surface area contributed by atoms with E-state index in [9.17, 15) is 24.0 Å². The standard InChI is InChI=1S/C31H46N6O5.C3H8/c1-30(2,3)25(35-29(42)36-31(13-5-4-6-14-31)19-21-11-15-33-16-12-21)28(41)37-17-7-8-23(37)27(40)34-22(18-20-9-10-20)24(38)26(32)39;1-3-2/h11-12,15-16,20,22-23,25H,4-10,13-14,17-19H2,1-3H3,(H2,32,39)(H,34,40)(H2,35,36,42);3H2,1-2H3. The average Bonchev–Trinajstić information content (AvgIpc) is 3.66. The molecular weight excluding hydrogens is 572 g/mol. The second-order valence-corrected chi connectivity index (χ2v) is 14.1. The summed E-state index contributed by atoms with van der Waals surface area (Å²) in [5.41, 5.74) is 5.27. The van der Waals surface area contributed by atoms with Crippen molar-refractivity contribution >= 4 is 29.5 Å². The topological polar surface area (TPSA) is 164 Å². The summed E-state index contributed by atoms with van der Waals surface area (Å²) in [4.78, 5) is 70.5. The first-order chi connectivity index (χ1) is 21.3. The second-order valence-electron chi connectivity index (χ2n) is 14.1. The van der Waals surface area contributed by atoms with Gasteiger partial charge in [-0.1, -0.05) is 73.1 Å². The van der Waals surface area contributed by atoms with Crippen molar-refractivity contribution in [2.45, 2.75) is 135 Å². The molecule has 3 fully saturated rings. The molecule has 11 nitrogen and oxygen atoms in total. The number of rotatable bonds is 11. The van der Waals surface area contributed by atoms with Crippen molar-refractivity contribution in [1.29, 1.82) is 0 Å². The number of pyridine rings is 1. The molecule has 2 aliphatic carbocycles. The highest BCUT2D eigenvalue weighted by Gasteiger charge is 2.44. The molecule has 0 aromatic carbocycles. The fourth-order valence-electron chi connectivity index (χ4n) is 6.35. The molecule has 1 aromatic heterocycles. The molecule has 5 amide bonds. The molecule has 0 radical (unpaired) electrons. The molecule has 11 heteroatoms. The number of ketones is 1. The molecule has 3 atom stereocenters. The zero-order valence-corrected chi connectivity index (χ0v) is 27.8. The number of hydrogen-bond acceptors (Lipinski definition) is 6. The number of carbonyl (C=O) groups is 5. The number of urea groups is 1. The average molecular weight is 627 g/mol. The lowest BCUT2D eigenvalue weighted by molar-refractivity contribution is -0.143. The van der Waals surface area contributed by atoms with Crippen LogP contribution in [-0.4, -0.2) is 69.6 Å². The van der Waals surface area contributed by atoms with E-state index in [1.807, 2.05) is 32.9 Å². The fourth-order valence-corrected chi connectivity index (χ4v) is 6.35. The van der Waals surface area contributed by atoms with Gasteiger partial charge in [-0.2, -0.15) is 0 Å². The number of likely N-dealkylation sites (tertiary alicyclic amines) is 1. The molecule has 3 unspecified atom stereocenters. The van der Waals surface area contributed by atoms with Crippen LogP contribution in [0.2, 0.25) is 0 Å². The Bertz CT molecular complexity index is 1170. The van der Waals surface area contributed by atoms with E-state index in [2.05, 4.69) is 34.8 Å². The minimum absolute atomic E-state index is 0.277. The summed E-state index contributed by atoms with van der Waals surface area (Å²) in [6.07, 6.45) is 13.5. The van der Waals surface area contributed by atoms with Gasteiger partial charge >= 0.3 is 6.03 Å². The summed E-state index contributed by atoms with van der Waals surface area (Å²) >= 11 is 0. The van der Waals surface area contributed by atoms with Gasteiger partial charge in [-0.25, -0.2) is 4.79 Å². The first-order valence-corrected chi connectivity index (χ1v) is 16.7. The molecule has 4 rings (SSSR count). The number of hydrogen-bond donors (Lipinski definition) is 4. The zero-order chi connectivity index (χ0) is 33.2. The summed E-state index contributed by atoms with van der Waals surface area (Å²) in [5.74, 6) is -2.44. The number of nitrogens with one attached hydrogen (secondary N) is 3. The number of nitrogens with two attached hydrogens (primary N) is 1. The highest BCUT2D eigenvalue weighted by atomic mass is 16.2. The van der Waals surface area contributed by atoms with Gasteiger partial charge in [0.1, 0.15) is 12.1 Å². The molecule has 0 bridgehead atoms. The predicted octanol–water partition coefficient (Wildman–Crippen LogP) is 3.79. The predicted molar refractivity (Wildman–Crippen MR) is 173 cm³/mol. The number of Topliss-reactive ketones (excluding diaryl/α,β-unsaturated/α-hetero) is 1. The van der Waals surface area contributed by atoms with Crippen molar-refractivity contribution in [1.82, 2.24) is 25.8 Å². The van der Waals surface area contributed by atoms with Gasteiger partial charge in [0.2, 0.25) is 17.6 Å². The SMILES string of the molecule is CC(C)(C)C(NC(=O)NC1(Cc2ccncc2)CCCCC1)C(=O)N1CCCC1C(=O)NC(CC1CC1)C(=O)C(N)=O.CCC. The van der Waals surface area contributed by atoms with Gasteiger partial charge in [0.15, 0.2) is 0 Å². The van der Waals surface area contributed by atoms with Gasteiger partial charge in [0.05, 0.1) is 6.04 Å². The van der Waals surface area contributed by atoms with Crippen LogP contribution in [0.15, 0.2) is 24.5 Å². The fraction of sp³-hybridized carbons (Fsp3) is 0.706. The van der Waals surface area contributed by atoms with Crippen LogP contribution < -0.4 is 21.7 Å². The molecule has 0 spiro atoms. The molecule has 5 N–H and O–H groups in total. The van der Waals surface area contributed by atoms with Crippen LogP contribution in [0.3, 0.4) is 0 Å². The van der Waals surface area contributed by atoms with E-state index in [0.717, 1.165) is 50.5 Å². The molecule has 3 aliphatic rings. The lowest BCUT2D eigenvalue weighted by atomic mass is 9.77. The van der Waals surface area contributed by atoms with Crippen LogP contribution in [0.5, 0.6) is 0 Å². The van der Waals surface area contributed by atoms with E-state index in [-0.39, 0.29) is 11.8 Å². The third-order valence-corrected chi connectivity index (χ3v) is 8.85. The number of aromatic nitrogens is 1. The Balaban J connectivity index is 0.00000177. The Kier molecular flexibility index (Phi) is 12.9. The number of amides is 5. The normalized spacial score (nSPS) is 20.6. The van der Waals surface area contributed by atoms with Crippen LogP contribution in [0, 0.1) is 11.3 Å². The molecule has 250 valence electrons. The van der Waals surface area contributed by atoms with E-state index in [4.69, 9.17) is 5.73 Å². The molecule has 1 aliphatic heterocycles. The molecule has 1 aromatic rings. The van der Waals surface area contributed by atoms with E-state index in [1.54, 1.807) is 12.4 Å². The maximum absolute atomic E-state index is 14.0. The van der Waals surface area contributed by atoms with Gasteiger partial charge in [0.25, 0.3) is 5.91 Å². The van der Waals surface area contributed by atoms with Gasteiger partial charge in [0, 0.05) is 24.5 Å². The lowest BCUT2D eigenvalue weighted by Crippen LogP contribution is -2.62. The van der Waals surface area contributed by atoms with E-state index in [0.29, 0.717) is 32.2 Å². The van der Waals surface area contributed by atoms with Gasteiger partial charge in [-0.05, 0) is 67.6 Å². The summed E-state index contributed by atoms with van der Waals surface area (Å²) in [5, 5.41) is 8.90. The lowest BCUT2D eigenvalue weighted by Gasteiger charge is -2.40. The number of primary amides is 1. The van der Waals surface area contributed by atoms with Crippen LogP contribution in [-0.2, 0) is 25.6 Å². The third kappa shape index (κ3) is 10.5. The van der Waals surface area contributed by atoms with Crippen molar-refractivity contribution in [3.05, 3.63) is 30.1 Å². The zero-order valence-electron chi connectivity index (χ0n) is 27.8. The minimum atomic E-state index is -1.08. The van der Waals surface area contributed by atoms with Crippen molar-refractivity contribution in [2.24, 2.45) is 17.1 Å². The van der Waals surface area contributed by atoms with Crippen LogP contribution in [0.4, 0.5) is 4.79 Å². The van der Waals surface area contributed by atoms with Crippen molar-refractivity contribution in [3.63, 3.8) is 0 Å². The van der Waals surface area contributed by atoms with Crippen molar-refractivity contribution in [2.75, 3.05) is 6.54 Å². The Labute approximate surface area is 268 Å². The molecule has 2 saturated carbocycles. The molecule has 2 heterocycles. The molecular formula is C34H54N6O5. The highest BCUT2D eigenvalue weighted by molar-refractivity contribution is 6.37. The maximum atomic E-state index is 14.0. The quantitative estimate of drug-likeness (QED) is 0.273. The monoisotopic (exact) mass is 626 g/mol. The Morgan fingerprint density at radius 1 is 0.978 bits per heavy atom. The summed E-state index contributed by atoms with van der Waals surface area (Å²) in [6.45, 7) is 10.2. The summed E-state index contributed by atoms with van der Waals surface area (Å²) < 4.78 is 0. The first-order valence-electron chi connectivity index (χ1n) is 16.7. The largest absolute Gasteiger partial charge is 0.363 e. The van der Waals surface area contributed by atoms with Gasteiger partial charge < -0.3 is 26.6 Å². The van der Waals surface area contributed by atoms with E-state index >= 15 is 0 Å². The van der Waals surface area contributed by atoms with Crippen molar-refractivity contribution < 1.29 is 24.0 Å².